The molecule has 0 spiro atoms. The van der Waals surface area contributed by atoms with Gasteiger partial charge in [0.2, 0.25) is 0 Å². The topological polar surface area (TPSA) is 70.2 Å². The first-order valence-electron chi connectivity index (χ1n) is 9.57. The summed E-state index contributed by atoms with van der Waals surface area (Å²) in [4.78, 5) is 25.1. The zero-order chi connectivity index (χ0) is 21.5. The Balaban J connectivity index is 1.66. The van der Waals surface area contributed by atoms with Crippen LogP contribution in [0, 0.1) is 11.7 Å². The van der Waals surface area contributed by atoms with Gasteiger partial charge in [-0.1, -0.05) is 6.07 Å². The number of piperidine rings is 1. The molecule has 2 amide bonds. The Morgan fingerprint density at radius 3 is 2.67 bits per heavy atom. The predicted octanol–water partition coefficient (Wildman–Crippen LogP) is 3.88. The number of alkyl halides is 3. The minimum atomic E-state index is -4.78. The van der Waals surface area contributed by atoms with E-state index < -0.39 is 29.0 Å². The average Bonchev–Trinajstić information content (AvgIpc) is 3.05. The summed E-state index contributed by atoms with van der Waals surface area (Å²) in [6, 6.07) is 6.18. The number of nitrogens with one attached hydrogen (secondary N) is 3. The molecule has 0 aliphatic carbocycles. The maximum atomic E-state index is 13.7. The maximum Gasteiger partial charge on any atom is 0.416 e. The molecule has 1 fully saturated rings. The van der Waals surface area contributed by atoms with Crippen molar-refractivity contribution in [3.8, 4) is 0 Å². The van der Waals surface area contributed by atoms with Gasteiger partial charge in [-0.3, -0.25) is 9.59 Å². The molecule has 2 heterocycles. The molecule has 5 nitrogen and oxygen atoms in total. The number of anilines is 1. The van der Waals surface area contributed by atoms with Gasteiger partial charge in [0.25, 0.3) is 11.8 Å². The van der Waals surface area contributed by atoms with E-state index in [0.717, 1.165) is 25.5 Å². The highest BCUT2D eigenvalue weighted by Gasteiger charge is 2.37. The molecule has 0 aromatic heterocycles. The van der Waals surface area contributed by atoms with Gasteiger partial charge in [-0.25, -0.2) is 4.39 Å². The van der Waals surface area contributed by atoms with Crippen LogP contribution in [0.25, 0.3) is 0 Å². The monoisotopic (exact) mass is 421 g/mol. The number of carbonyl (C=O) groups is 2. The highest BCUT2D eigenvalue weighted by atomic mass is 19.4. The van der Waals surface area contributed by atoms with Crippen molar-refractivity contribution < 1.29 is 27.2 Å². The lowest BCUT2D eigenvalue weighted by atomic mass is 9.87. The van der Waals surface area contributed by atoms with Gasteiger partial charge in [0.15, 0.2) is 0 Å². The van der Waals surface area contributed by atoms with Crippen molar-refractivity contribution >= 4 is 17.5 Å². The molecule has 2 aliphatic heterocycles. The number of halogens is 4. The molecule has 9 heteroatoms. The number of hydrogen-bond acceptors (Lipinski definition) is 3. The Morgan fingerprint density at radius 1 is 1.17 bits per heavy atom. The van der Waals surface area contributed by atoms with Gasteiger partial charge < -0.3 is 16.0 Å². The van der Waals surface area contributed by atoms with Crippen LogP contribution in [0.5, 0.6) is 0 Å². The van der Waals surface area contributed by atoms with Crippen LogP contribution in [-0.4, -0.2) is 24.9 Å². The maximum absolute atomic E-state index is 13.7. The van der Waals surface area contributed by atoms with Gasteiger partial charge in [0.05, 0.1) is 11.6 Å². The second kappa shape index (κ2) is 7.71. The smallest absolute Gasteiger partial charge is 0.345 e. The van der Waals surface area contributed by atoms with E-state index in [9.17, 15) is 27.2 Å². The molecular weight excluding hydrogens is 402 g/mol. The molecule has 2 aromatic rings. The fourth-order valence-electron chi connectivity index (χ4n) is 4.09. The van der Waals surface area contributed by atoms with Crippen molar-refractivity contribution in [3.63, 3.8) is 0 Å². The minimum Gasteiger partial charge on any atom is -0.345 e. The SMILES string of the molecule is O=C(Nc1cccc2c1C(C1CCCNC1)NC2=O)c1cc(F)cc(C(F)(F)F)c1. The summed E-state index contributed by atoms with van der Waals surface area (Å²) in [5.74, 6) is -2.18. The van der Waals surface area contributed by atoms with E-state index in [0.29, 0.717) is 35.5 Å². The van der Waals surface area contributed by atoms with Crippen molar-refractivity contribution in [2.75, 3.05) is 18.4 Å². The Bertz CT molecular complexity index is 1000. The molecule has 0 bridgehead atoms. The summed E-state index contributed by atoms with van der Waals surface area (Å²) >= 11 is 0. The van der Waals surface area contributed by atoms with Gasteiger partial charge in [0.1, 0.15) is 5.82 Å². The summed E-state index contributed by atoms with van der Waals surface area (Å²) in [7, 11) is 0. The van der Waals surface area contributed by atoms with Crippen LogP contribution >= 0.6 is 0 Å². The Morgan fingerprint density at radius 2 is 1.97 bits per heavy atom. The van der Waals surface area contributed by atoms with Gasteiger partial charge >= 0.3 is 6.18 Å². The summed E-state index contributed by atoms with van der Waals surface area (Å²) < 4.78 is 52.6. The summed E-state index contributed by atoms with van der Waals surface area (Å²) in [6.07, 6.45) is -2.94. The third kappa shape index (κ3) is 3.89. The zero-order valence-electron chi connectivity index (χ0n) is 15.8. The van der Waals surface area contributed by atoms with E-state index >= 15 is 0 Å². The molecular formula is C21H19F4N3O2. The van der Waals surface area contributed by atoms with E-state index in [2.05, 4.69) is 16.0 Å². The van der Waals surface area contributed by atoms with Crippen molar-refractivity contribution in [1.29, 1.82) is 0 Å². The van der Waals surface area contributed by atoms with Crippen LogP contribution in [0.3, 0.4) is 0 Å². The van der Waals surface area contributed by atoms with Gasteiger partial charge in [-0.15, -0.1) is 0 Å². The van der Waals surface area contributed by atoms with Crippen molar-refractivity contribution in [2.24, 2.45) is 5.92 Å². The third-order valence-corrected chi connectivity index (χ3v) is 5.49. The molecule has 2 unspecified atom stereocenters. The molecule has 4 rings (SSSR count). The molecule has 2 atom stereocenters. The largest absolute Gasteiger partial charge is 0.416 e. The van der Waals surface area contributed by atoms with Crippen molar-refractivity contribution in [2.45, 2.75) is 25.1 Å². The molecule has 1 saturated heterocycles. The van der Waals surface area contributed by atoms with Crippen LogP contribution in [0.1, 0.15) is 50.7 Å². The number of hydrogen-bond donors (Lipinski definition) is 3. The lowest BCUT2D eigenvalue weighted by Crippen LogP contribution is -2.37. The first-order chi connectivity index (χ1) is 14.2. The average molecular weight is 421 g/mol. The molecule has 0 radical (unpaired) electrons. The Hall–Kier alpha value is -2.94. The lowest BCUT2D eigenvalue weighted by molar-refractivity contribution is -0.137. The van der Waals surface area contributed by atoms with E-state index in [4.69, 9.17) is 0 Å². The number of fused-ring (bicyclic) bond motifs is 1. The molecule has 2 aromatic carbocycles. The number of amides is 2. The second-order valence-electron chi connectivity index (χ2n) is 7.50. The number of rotatable bonds is 3. The van der Waals surface area contributed by atoms with Gasteiger partial charge in [-0.2, -0.15) is 13.2 Å². The molecule has 0 saturated carbocycles. The fourth-order valence-corrected chi connectivity index (χ4v) is 4.09. The third-order valence-electron chi connectivity index (χ3n) is 5.49. The summed E-state index contributed by atoms with van der Waals surface area (Å²) in [6.45, 7) is 1.59. The first-order valence-corrected chi connectivity index (χ1v) is 9.57. The normalized spacial score (nSPS) is 21.1. The van der Waals surface area contributed by atoms with E-state index in [1.807, 2.05) is 0 Å². The van der Waals surface area contributed by atoms with E-state index in [1.54, 1.807) is 18.2 Å². The summed E-state index contributed by atoms with van der Waals surface area (Å²) in [5, 5.41) is 8.79. The zero-order valence-corrected chi connectivity index (χ0v) is 15.8. The Kier molecular flexibility index (Phi) is 5.23. The minimum absolute atomic E-state index is 0.119. The quantitative estimate of drug-likeness (QED) is 0.659. The predicted molar refractivity (Wildman–Crippen MR) is 102 cm³/mol. The first kappa shape index (κ1) is 20.3. The summed E-state index contributed by atoms with van der Waals surface area (Å²) in [5.41, 5.74) is -0.345. The fraction of sp³-hybridized carbons (Fsp3) is 0.333. The standard InChI is InChI=1S/C21H19F4N3O2/c22-14-8-12(7-13(9-14)21(23,24)25)19(29)27-16-5-1-4-15-17(16)18(28-20(15)30)11-3-2-6-26-10-11/h1,4-5,7-9,11,18,26H,2-3,6,10H2,(H,27,29)(H,28,30). The van der Waals surface area contributed by atoms with Crippen LogP contribution in [0.2, 0.25) is 0 Å². The van der Waals surface area contributed by atoms with Crippen molar-refractivity contribution in [3.05, 3.63) is 64.5 Å². The van der Waals surface area contributed by atoms with E-state index in [-0.39, 0.29) is 17.9 Å². The van der Waals surface area contributed by atoms with Crippen LogP contribution in [0.15, 0.2) is 36.4 Å². The van der Waals surface area contributed by atoms with E-state index in [1.165, 1.54) is 0 Å². The molecule has 30 heavy (non-hydrogen) atoms. The van der Waals surface area contributed by atoms with Gasteiger partial charge in [0, 0.05) is 28.9 Å². The highest BCUT2D eigenvalue weighted by Crippen LogP contribution is 2.39. The second-order valence-corrected chi connectivity index (χ2v) is 7.50. The van der Waals surface area contributed by atoms with Crippen LogP contribution in [-0.2, 0) is 6.18 Å². The number of carbonyl (C=O) groups excluding carboxylic acids is 2. The number of benzene rings is 2. The molecule has 158 valence electrons. The van der Waals surface area contributed by atoms with Crippen LogP contribution in [0.4, 0.5) is 23.2 Å². The Labute approximate surface area is 169 Å². The molecule has 2 aliphatic rings. The highest BCUT2D eigenvalue weighted by molar-refractivity contribution is 6.07. The van der Waals surface area contributed by atoms with Crippen molar-refractivity contribution in [1.82, 2.24) is 10.6 Å². The van der Waals surface area contributed by atoms with Gasteiger partial charge in [-0.05, 0) is 55.6 Å². The lowest BCUT2D eigenvalue weighted by Gasteiger charge is -2.29. The van der Waals surface area contributed by atoms with Crippen LogP contribution < -0.4 is 16.0 Å². The molecule has 3 N–H and O–H groups in total.